The molecule has 3 nitrogen and oxygen atoms in total. The third-order valence-corrected chi connectivity index (χ3v) is 2.08. The van der Waals surface area contributed by atoms with Crippen LogP contribution in [0.5, 0.6) is 0 Å². The molecule has 0 amide bonds. The van der Waals surface area contributed by atoms with Crippen LogP contribution in [0.3, 0.4) is 0 Å². The summed E-state index contributed by atoms with van der Waals surface area (Å²) in [4.78, 5) is 22.9. The number of hydrogen-bond donors (Lipinski definition) is 0. The molecule has 0 N–H and O–H groups in total. The van der Waals surface area contributed by atoms with Gasteiger partial charge in [0, 0.05) is 17.6 Å². The number of esters is 1. The van der Waals surface area contributed by atoms with Crippen LogP contribution >= 0.6 is 0 Å². The van der Waals surface area contributed by atoms with Crippen molar-refractivity contribution in [3.63, 3.8) is 0 Å². The zero-order valence-electron chi connectivity index (χ0n) is 9.53. The fraction of sp³-hybridized carbons (Fsp3) is 0.231. The van der Waals surface area contributed by atoms with Crippen molar-refractivity contribution in [1.29, 1.82) is 0 Å². The summed E-state index contributed by atoms with van der Waals surface area (Å²) in [5.41, 5.74) is 0.288. The molecule has 0 radical (unpaired) electrons. The second-order valence-corrected chi connectivity index (χ2v) is 3.43. The summed E-state index contributed by atoms with van der Waals surface area (Å²) in [5, 5.41) is 0. The first-order chi connectivity index (χ1) is 8.04. The van der Waals surface area contributed by atoms with Crippen molar-refractivity contribution in [2.45, 2.75) is 13.3 Å². The number of carbonyl (C=O) groups excluding carboxylic acids is 2. The first-order valence-electron chi connectivity index (χ1n) is 5.18. The Morgan fingerprint density at radius 1 is 1.41 bits per heavy atom. The number of benzene rings is 1. The fourth-order valence-corrected chi connectivity index (χ4v) is 1.26. The number of hydrogen-bond acceptors (Lipinski definition) is 3. The van der Waals surface area contributed by atoms with Crippen molar-refractivity contribution in [3.8, 4) is 0 Å². The largest absolute Gasteiger partial charge is 0.463 e. The Kier molecular flexibility index (Phi) is 4.57. The minimum Gasteiger partial charge on any atom is -0.463 e. The minimum atomic E-state index is -0.600. The van der Waals surface area contributed by atoms with E-state index >= 15 is 0 Å². The predicted octanol–water partition coefficient (Wildman–Crippen LogP) is 2.52. The number of carbonyl (C=O) groups is 2. The SMILES string of the molecule is C=C(CC(=O)c1cccc(F)c1)C(=O)OCC. The Balaban J connectivity index is 2.67. The van der Waals surface area contributed by atoms with Gasteiger partial charge in [-0.15, -0.1) is 0 Å². The van der Waals surface area contributed by atoms with E-state index in [1.54, 1.807) is 6.92 Å². The Morgan fingerprint density at radius 2 is 2.12 bits per heavy atom. The lowest BCUT2D eigenvalue weighted by Gasteiger charge is -2.04. The van der Waals surface area contributed by atoms with E-state index in [4.69, 9.17) is 4.74 Å². The molecular weight excluding hydrogens is 223 g/mol. The summed E-state index contributed by atoms with van der Waals surface area (Å²) in [6, 6.07) is 5.30. The molecule has 1 rings (SSSR count). The number of rotatable bonds is 5. The van der Waals surface area contributed by atoms with Crippen molar-refractivity contribution in [1.82, 2.24) is 0 Å². The van der Waals surface area contributed by atoms with Gasteiger partial charge >= 0.3 is 5.97 Å². The lowest BCUT2D eigenvalue weighted by atomic mass is 10.0. The third-order valence-electron chi connectivity index (χ3n) is 2.08. The first-order valence-corrected chi connectivity index (χ1v) is 5.18. The van der Waals surface area contributed by atoms with E-state index in [-0.39, 0.29) is 29.9 Å². The minimum absolute atomic E-state index is 0.0705. The highest BCUT2D eigenvalue weighted by Crippen LogP contribution is 2.11. The Labute approximate surface area is 98.9 Å². The highest BCUT2D eigenvalue weighted by molar-refractivity contribution is 6.03. The van der Waals surface area contributed by atoms with Crippen LogP contribution in [0.2, 0.25) is 0 Å². The molecule has 0 saturated carbocycles. The van der Waals surface area contributed by atoms with Gasteiger partial charge in [0.15, 0.2) is 5.78 Å². The summed E-state index contributed by atoms with van der Waals surface area (Å²) in [7, 11) is 0. The molecule has 0 bridgehead atoms. The summed E-state index contributed by atoms with van der Waals surface area (Å²) in [6.45, 7) is 5.37. The average molecular weight is 236 g/mol. The van der Waals surface area contributed by atoms with Crippen LogP contribution in [-0.4, -0.2) is 18.4 Å². The zero-order valence-corrected chi connectivity index (χ0v) is 9.53. The van der Waals surface area contributed by atoms with Gasteiger partial charge in [-0.1, -0.05) is 18.7 Å². The summed E-state index contributed by atoms with van der Waals surface area (Å²) in [5.74, 6) is -1.45. The monoisotopic (exact) mass is 236 g/mol. The van der Waals surface area contributed by atoms with Crippen LogP contribution in [-0.2, 0) is 9.53 Å². The van der Waals surface area contributed by atoms with E-state index in [0.29, 0.717) is 0 Å². The molecule has 0 heterocycles. The predicted molar refractivity (Wildman–Crippen MR) is 61.1 cm³/mol. The molecule has 17 heavy (non-hydrogen) atoms. The highest BCUT2D eigenvalue weighted by Gasteiger charge is 2.14. The van der Waals surface area contributed by atoms with Gasteiger partial charge in [-0.2, -0.15) is 0 Å². The van der Waals surface area contributed by atoms with Gasteiger partial charge in [-0.3, -0.25) is 4.79 Å². The molecule has 0 aliphatic rings. The normalized spacial score (nSPS) is 9.76. The van der Waals surface area contributed by atoms with Crippen molar-refractivity contribution in [3.05, 3.63) is 47.8 Å². The first kappa shape index (κ1) is 13.1. The van der Waals surface area contributed by atoms with Gasteiger partial charge in [-0.25, -0.2) is 9.18 Å². The van der Waals surface area contributed by atoms with Gasteiger partial charge in [0.2, 0.25) is 0 Å². The standard InChI is InChI=1S/C13H13FO3/c1-3-17-13(16)9(2)7-12(15)10-5-4-6-11(14)8-10/h4-6,8H,2-3,7H2,1H3. The summed E-state index contributed by atoms with van der Waals surface area (Å²) < 4.78 is 17.6. The van der Waals surface area contributed by atoms with E-state index in [9.17, 15) is 14.0 Å². The maximum Gasteiger partial charge on any atom is 0.333 e. The van der Waals surface area contributed by atoms with Gasteiger partial charge in [0.05, 0.1) is 6.61 Å². The molecule has 0 saturated heterocycles. The quantitative estimate of drug-likeness (QED) is 0.448. The van der Waals surface area contributed by atoms with E-state index in [0.717, 1.165) is 6.07 Å². The molecule has 0 aliphatic carbocycles. The molecule has 0 aliphatic heterocycles. The molecule has 1 aromatic rings. The molecule has 4 heteroatoms. The maximum absolute atomic E-state index is 12.9. The van der Waals surface area contributed by atoms with Crippen molar-refractivity contribution in [2.24, 2.45) is 0 Å². The molecule has 90 valence electrons. The molecule has 0 atom stereocenters. The fourth-order valence-electron chi connectivity index (χ4n) is 1.26. The van der Waals surface area contributed by atoms with Crippen LogP contribution < -0.4 is 0 Å². The molecule has 0 spiro atoms. The van der Waals surface area contributed by atoms with Crippen LogP contribution in [0, 0.1) is 5.82 Å². The van der Waals surface area contributed by atoms with Gasteiger partial charge in [-0.05, 0) is 19.1 Å². The smallest absolute Gasteiger partial charge is 0.333 e. The second kappa shape index (κ2) is 5.94. The topological polar surface area (TPSA) is 43.4 Å². The Morgan fingerprint density at radius 3 is 2.71 bits per heavy atom. The van der Waals surface area contributed by atoms with Crippen molar-refractivity contribution in [2.75, 3.05) is 6.61 Å². The van der Waals surface area contributed by atoms with Gasteiger partial charge in [0.25, 0.3) is 0 Å². The van der Waals surface area contributed by atoms with Gasteiger partial charge in [0.1, 0.15) is 5.82 Å². The van der Waals surface area contributed by atoms with Crippen LogP contribution in [0.15, 0.2) is 36.4 Å². The highest BCUT2D eigenvalue weighted by atomic mass is 19.1. The summed E-state index contributed by atoms with van der Waals surface area (Å²) >= 11 is 0. The molecule has 0 fully saturated rings. The van der Waals surface area contributed by atoms with Crippen LogP contribution in [0.1, 0.15) is 23.7 Å². The van der Waals surface area contributed by atoms with Crippen LogP contribution in [0.25, 0.3) is 0 Å². The maximum atomic E-state index is 12.9. The van der Waals surface area contributed by atoms with Crippen LogP contribution in [0.4, 0.5) is 4.39 Å². The number of halogens is 1. The van der Waals surface area contributed by atoms with E-state index < -0.39 is 11.8 Å². The zero-order chi connectivity index (χ0) is 12.8. The molecular formula is C13H13FO3. The summed E-state index contributed by atoms with van der Waals surface area (Å²) in [6.07, 6.45) is -0.164. The van der Waals surface area contributed by atoms with E-state index in [1.807, 2.05) is 0 Å². The van der Waals surface area contributed by atoms with Crippen molar-refractivity contribution >= 4 is 11.8 Å². The van der Waals surface area contributed by atoms with E-state index in [2.05, 4.69) is 6.58 Å². The third kappa shape index (κ3) is 3.83. The average Bonchev–Trinajstić information content (AvgIpc) is 2.29. The Bertz CT molecular complexity index is 452. The lowest BCUT2D eigenvalue weighted by Crippen LogP contribution is -2.11. The number of ether oxygens (including phenoxy) is 1. The van der Waals surface area contributed by atoms with Gasteiger partial charge < -0.3 is 4.74 Å². The molecule has 1 aromatic carbocycles. The number of ketones is 1. The molecule has 0 aromatic heterocycles. The Hall–Kier alpha value is -1.97. The lowest BCUT2D eigenvalue weighted by molar-refractivity contribution is -0.138. The molecule has 0 unspecified atom stereocenters. The van der Waals surface area contributed by atoms with E-state index in [1.165, 1.54) is 18.2 Å². The van der Waals surface area contributed by atoms with Crippen molar-refractivity contribution < 1.29 is 18.7 Å². The number of Topliss-reactive ketones (excluding diaryl/α,β-unsaturated/α-hetero) is 1. The second-order valence-electron chi connectivity index (χ2n) is 3.43.